The van der Waals surface area contributed by atoms with Crippen LogP contribution in [0, 0.1) is 5.82 Å². The minimum atomic E-state index is -0.345. The van der Waals surface area contributed by atoms with E-state index in [9.17, 15) is 9.18 Å². The zero-order chi connectivity index (χ0) is 8.81. The highest BCUT2D eigenvalue weighted by atomic mass is 19.1. The molecule has 0 aliphatic heterocycles. The fraction of sp³-hybridized carbons (Fsp3) is 0.222. The maximum Gasteiger partial charge on any atom is 0.201 e. The van der Waals surface area contributed by atoms with Crippen LogP contribution in [0.5, 0.6) is 5.75 Å². The summed E-state index contributed by atoms with van der Waals surface area (Å²) < 4.78 is 17.5. The number of carbonyl (C=O) groups excluding carboxylic acids is 1. The SMILES string of the molecule is O=[C]CCOc1cccc(F)c1. The summed E-state index contributed by atoms with van der Waals surface area (Å²) in [6.45, 7) is 0.243. The van der Waals surface area contributed by atoms with Gasteiger partial charge in [-0.2, -0.15) is 0 Å². The molecule has 1 rings (SSSR count). The highest BCUT2D eigenvalue weighted by Crippen LogP contribution is 2.11. The molecule has 63 valence electrons. The first-order chi connectivity index (χ1) is 5.83. The number of rotatable bonds is 4. The third-order valence-electron chi connectivity index (χ3n) is 1.27. The first kappa shape index (κ1) is 8.71. The average Bonchev–Trinajstić information content (AvgIpc) is 2.05. The zero-order valence-corrected chi connectivity index (χ0v) is 6.42. The molecule has 0 aliphatic carbocycles. The van der Waals surface area contributed by atoms with Crippen LogP contribution in [0.15, 0.2) is 24.3 Å². The molecular formula is C9H8FO2. The van der Waals surface area contributed by atoms with Crippen molar-refractivity contribution in [1.82, 2.24) is 0 Å². The van der Waals surface area contributed by atoms with Crippen LogP contribution in [0.25, 0.3) is 0 Å². The van der Waals surface area contributed by atoms with E-state index in [1.54, 1.807) is 18.4 Å². The van der Waals surface area contributed by atoms with Gasteiger partial charge in [0.2, 0.25) is 6.29 Å². The Hall–Kier alpha value is -1.38. The summed E-state index contributed by atoms with van der Waals surface area (Å²) in [4.78, 5) is 9.78. The molecule has 0 fully saturated rings. The Kier molecular flexibility index (Phi) is 3.26. The van der Waals surface area contributed by atoms with Crippen molar-refractivity contribution in [3.63, 3.8) is 0 Å². The lowest BCUT2D eigenvalue weighted by atomic mass is 10.3. The van der Waals surface area contributed by atoms with Gasteiger partial charge in [0.05, 0.1) is 6.61 Å². The zero-order valence-electron chi connectivity index (χ0n) is 6.42. The summed E-state index contributed by atoms with van der Waals surface area (Å²) >= 11 is 0. The standard InChI is InChI=1S/C9H8FO2/c10-8-3-1-4-9(7-8)12-6-2-5-11/h1,3-4,7H,2,6H2. The molecule has 0 unspecified atom stereocenters. The van der Waals surface area contributed by atoms with Crippen molar-refractivity contribution >= 4 is 6.29 Å². The Bertz CT molecular complexity index is 260. The van der Waals surface area contributed by atoms with Gasteiger partial charge in [0.1, 0.15) is 11.6 Å². The molecule has 0 saturated heterocycles. The molecule has 12 heavy (non-hydrogen) atoms. The van der Waals surface area contributed by atoms with Gasteiger partial charge in [-0.05, 0) is 12.1 Å². The van der Waals surface area contributed by atoms with Crippen molar-refractivity contribution in [3.8, 4) is 5.75 Å². The molecule has 0 saturated carbocycles. The molecular weight excluding hydrogens is 159 g/mol. The Morgan fingerprint density at radius 3 is 3.00 bits per heavy atom. The highest BCUT2D eigenvalue weighted by molar-refractivity contribution is 5.50. The lowest BCUT2D eigenvalue weighted by Gasteiger charge is -2.02. The lowest BCUT2D eigenvalue weighted by molar-refractivity contribution is 0.325. The van der Waals surface area contributed by atoms with Gasteiger partial charge in [-0.15, -0.1) is 0 Å². The number of ether oxygens (including phenoxy) is 1. The van der Waals surface area contributed by atoms with Crippen LogP contribution in [-0.4, -0.2) is 12.9 Å². The van der Waals surface area contributed by atoms with E-state index in [0.717, 1.165) is 0 Å². The number of halogens is 1. The van der Waals surface area contributed by atoms with Crippen molar-refractivity contribution in [3.05, 3.63) is 30.1 Å². The molecule has 0 bridgehead atoms. The molecule has 0 N–H and O–H groups in total. The number of benzene rings is 1. The summed E-state index contributed by atoms with van der Waals surface area (Å²) in [5.74, 6) is 0.0906. The predicted octanol–water partition coefficient (Wildman–Crippen LogP) is 1.70. The van der Waals surface area contributed by atoms with Crippen molar-refractivity contribution in [2.75, 3.05) is 6.61 Å². The molecule has 2 nitrogen and oxygen atoms in total. The molecule has 0 aliphatic rings. The van der Waals surface area contributed by atoms with Gasteiger partial charge in [0.15, 0.2) is 0 Å². The topological polar surface area (TPSA) is 26.3 Å². The fourth-order valence-electron chi connectivity index (χ4n) is 0.767. The van der Waals surface area contributed by atoms with Crippen LogP contribution in [0.1, 0.15) is 6.42 Å². The van der Waals surface area contributed by atoms with Gasteiger partial charge in [-0.1, -0.05) is 6.07 Å². The molecule has 0 aromatic heterocycles. The summed E-state index contributed by atoms with van der Waals surface area (Å²) in [5, 5.41) is 0. The normalized spacial score (nSPS) is 9.42. The smallest absolute Gasteiger partial charge is 0.201 e. The molecule has 1 radical (unpaired) electrons. The minimum absolute atomic E-state index is 0.205. The highest BCUT2D eigenvalue weighted by Gasteiger charge is 1.94. The van der Waals surface area contributed by atoms with Gasteiger partial charge >= 0.3 is 0 Å². The average molecular weight is 167 g/mol. The van der Waals surface area contributed by atoms with Gasteiger partial charge in [-0.25, -0.2) is 4.39 Å². The monoisotopic (exact) mass is 167 g/mol. The van der Waals surface area contributed by atoms with Crippen LogP contribution in [-0.2, 0) is 4.79 Å². The second-order valence-electron chi connectivity index (χ2n) is 2.20. The molecule has 0 atom stereocenters. The second-order valence-corrected chi connectivity index (χ2v) is 2.20. The van der Waals surface area contributed by atoms with Crippen molar-refractivity contribution < 1.29 is 13.9 Å². The summed E-state index contributed by atoms with van der Waals surface area (Å²) in [6, 6.07) is 5.78. The predicted molar refractivity (Wildman–Crippen MR) is 42.2 cm³/mol. The lowest BCUT2D eigenvalue weighted by Crippen LogP contribution is -1.97. The first-order valence-corrected chi connectivity index (χ1v) is 3.56. The maximum atomic E-state index is 12.5. The van der Waals surface area contributed by atoms with Crippen LogP contribution in [0.4, 0.5) is 4.39 Å². The first-order valence-electron chi connectivity index (χ1n) is 3.56. The largest absolute Gasteiger partial charge is 0.493 e. The van der Waals surface area contributed by atoms with E-state index in [2.05, 4.69) is 0 Å². The second kappa shape index (κ2) is 4.49. The van der Waals surface area contributed by atoms with E-state index < -0.39 is 0 Å². The Morgan fingerprint density at radius 2 is 2.33 bits per heavy atom. The number of hydrogen-bond donors (Lipinski definition) is 0. The summed E-state index contributed by atoms with van der Waals surface area (Å²) in [5.41, 5.74) is 0. The Balaban J connectivity index is 2.46. The minimum Gasteiger partial charge on any atom is -0.493 e. The maximum absolute atomic E-state index is 12.5. The van der Waals surface area contributed by atoms with E-state index in [0.29, 0.717) is 5.75 Å². The van der Waals surface area contributed by atoms with Gasteiger partial charge in [-0.3, -0.25) is 4.79 Å². The molecule has 0 amide bonds. The van der Waals surface area contributed by atoms with Gasteiger partial charge in [0, 0.05) is 12.5 Å². The van der Waals surface area contributed by atoms with Gasteiger partial charge < -0.3 is 4.74 Å². The Labute approximate surface area is 70.0 Å². The number of hydrogen-bond acceptors (Lipinski definition) is 2. The molecule has 0 heterocycles. The van der Waals surface area contributed by atoms with Crippen molar-refractivity contribution in [1.29, 1.82) is 0 Å². The van der Waals surface area contributed by atoms with E-state index in [4.69, 9.17) is 4.74 Å². The third kappa shape index (κ3) is 2.70. The van der Waals surface area contributed by atoms with E-state index in [-0.39, 0.29) is 18.8 Å². The van der Waals surface area contributed by atoms with Crippen molar-refractivity contribution in [2.24, 2.45) is 0 Å². The summed E-state index contributed by atoms with van der Waals surface area (Å²) in [6.07, 6.45) is 1.89. The van der Waals surface area contributed by atoms with E-state index in [1.165, 1.54) is 12.1 Å². The summed E-state index contributed by atoms with van der Waals surface area (Å²) in [7, 11) is 0. The molecule has 0 spiro atoms. The van der Waals surface area contributed by atoms with Crippen LogP contribution >= 0.6 is 0 Å². The molecule has 1 aromatic rings. The van der Waals surface area contributed by atoms with Crippen LogP contribution in [0.2, 0.25) is 0 Å². The molecule has 3 heteroatoms. The van der Waals surface area contributed by atoms with Crippen molar-refractivity contribution in [2.45, 2.75) is 6.42 Å². The van der Waals surface area contributed by atoms with Gasteiger partial charge in [0.25, 0.3) is 0 Å². The quantitative estimate of drug-likeness (QED) is 0.638. The van der Waals surface area contributed by atoms with Crippen LogP contribution in [0.3, 0.4) is 0 Å². The Morgan fingerprint density at radius 1 is 1.50 bits per heavy atom. The van der Waals surface area contributed by atoms with E-state index >= 15 is 0 Å². The third-order valence-corrected chi connectivity index (χ3v) is 1.27. The molecule has 1 aromatic carbocycles. The van der Waals surface area contributed by atoms with Crippen LogP contribution < -0.4 is 4.74 Å². The van der Waals surface area contributed by atoms with E-state index in [1.807, 2.05) is 0 Å². The fourth-order valence-corrected chi connectivity index (χ4v) is 0.767.